The fraction of sp³-hybridized carbons (Fsp3) is 0.667. The summed E-state index contributed by atoms with van der Waals surface area (Å²) < 4.78 is 0. The van der Waals surface area contributed by atoms with Gasteiger partial charge in [-0.15, -0.1) is 0 Å². The second-order valence-electron chi connectivity index (χ2n) is 5.04. The Bertz CT molecular complexity index is 511. The Morgan fingerprint density at radius 2 is 2.25 bits per heavy atom. The molecule has 0 amide bonds. The maximum atomic E-state index is 11.1. The number of nitrogens with one attached hydrogen (secondary N) is 1. The summed E-state index contributed by atoms with van der Waals surface area (Å²) in [5.74, 6) is 0.200. The Hall–Kier alpha value is -1.47. The van der Waals surface area contributed by atoms with Crippen LogP contribution >= 0.6 is 11.6 Å². The molecule has 20 heavy (non-hydrogen) atoms. The summed E-state index contributed by atoms with van der Waals surface area (Å²) >= 11 is 5.78. The zero-order valence-electron chi connectivity index (χ0n) is 11.6. The Morgan fingerprint density at radius 3 is 2.90 bits per heavy atom. The first-order valence-corrected chi connectivity index (χ1v) is 6.99. The Labute approximate surface area is 122 Å². The van der Waals surface area contributed by atoms with Crippen LogP contribution in [-0.4, -0.2) is 46.0 Å². The van der Waals surface area contributed by atoms with Crippen molar-refractivity contribution in [1.82, 2.24) is 14.9 Å². The largest absolute Gasteiger partial charge is 0.363 e. The number of likely N-dealkylation sites (tertiary alicyclic amines) is 1. The molecule has 1 aromatic heterocycles. The summed E-state index contributed by atoms with van der Waals surface area (Å²) in [6, 6.07) is 0.359. The minimum atomic E-state index is -0.474. The van der Waals surface area contributed by atoms with Gasteiger partial charge in [-0.1, -0.05) is 6.42 Å². The molecule has 2 rings (SSSR count). The minimum absolute atomic E-state index is 0.0209. The number of aryl methyl sites for hydroxylation is 1. The molecule has 1 aromatic rings. The van der Waals surface area contributed by atoms with Crippen molar-refractivity contribution in [2.45, 2.75) is 32.2 Å². The highest BCUT2D eigenvalue weighted by atomic mass is 35.5. The summed E-state index contributed by atoms with van der Waals surface area (Å²) in [5, 5.41) is 14.2. The number of halogens is 1. The SMILES string of the molecule is Cc1nc(Cl)nc(NCC2CCCCN2C)c1[N+](=O)[O-]. The zero-order valence-corrected chi connectivity index (χ0v) is 12.4. The molecule has 1 aliphatic heterocycles. The Morgan fingerprint density at radius 1 is 1.50 bits per heavy atom. The van der Waals surface area contributed by atoms with E-state index in [2.05, 4.69) is 27.2 Å². The van der Waals surface area contributed by atoms with E-state index in [1.165, 1.54) is 12.8 Å². The molecule has 110 valence electrons. The number of anilines is 1. The molecule has 0 aromatic carbocycles. The predicted molar refractivity (Wildman–Crippen MR) is 77.2 cm³/mol. The number of piperidine rings is 1. The standard InChI is InChI=1S/C12H18ClN5O2/c1-8-10(18(19)20)11(16-12(13)15-8)14-7-9-5-3-4-6-17(9)2/h9H,3-7H2,1-2H3,(H,14,15,16). The van der Waals surface area contributed by atoms with Crippen molar-refractivity contribution in [3.63, 3.8) is 0 Å². The van der Waals surface area contributed by atoms with E-state index in [0.717, 1.165) is 13.0 Å². The van der Waals surface area contributed by atoms with Gasteiger partial charge < -0.3 is 10.2 Å². The molecular formula is C12H18ClN5O2. The molecule has 7 nitrogen and oxygen atoms in total. The summed E-state index contributed by atoms with van der Waals surface area (Å²) in [6.07, 6.45) is 3.46. The van der Waals surface area contributed by atoms with Gasteiger partial charge in [-0.3, -0.25) is 10.1 Å². The van der Waals surface area contributed by atoms with Crippen molar-refractivity contribution in [1.29, 1.82) is 0 Å². The van der Waals surface area contributed by atoms with E-state index in [-0.39, 0.29) is 22.5 Å². The molecule has 2 heterocycles. The summed E-state index contributed by atoms with van der Waals surface area (Å²) in [7, 11) is 2.07. The fourth-order valence-electron chi connectivity index (χ4n) is 2.49. The monoisotopic (exact) mass is 299 g/mol. The van der Waals surface area contributed by atoms with E-state index >= 15 is 0 Å². The van der Waals surface area contributed by atoms with Crippen LogP contribution in [0.5, 0.6) is 0 Å². The average Bonchev–Trinajstić information content (AvgIpc) is 2.36. The lowest BCUT2D eigenvalue weighted by atomic mass is 10.0. The third-order valence-corrected chi connectivity index (χ3v) is 3.81. The van der Waals surface area contributed by atoms with Gasteiger partial charge in [0.1, 0.15) is 5.69 Å². The summed E-state index contributed by atoms with van der Waals surface area (Å²) in [6.45, 7) is 3.23. The molecule has 0 spiro atoms. The van der Waals surface area contributed by atoms with Gasteiger partial charge in [0.25, 0.3) is 0 Å². The first-order chi connectivity index (χ1) is 9.49. The Balaban J connectivity index is 2.14. The highest BCUT2D eigenvalue weighted by Crippen LogP contribution is 2.27. The average molecular weight is 300 g/mol. The van der Waals surface area contributed by atoms with Gasteiger partial charge in [0.05, 0.1) is 4.92 Å². The van der Waals surface area contributed by atoms with Crippen LogP contribution in [0.4, 0.5) is 11.5 Å². The van der Waals surface area contributed by atoms with Crippen LogP contribution < -0.4 is 5.32 Å². The number of nitro groups is 1. The van der Waals surface area contributed by atoms with E-state index in [0.29, 0.717) is 12.6 Å². The number of aromatic nitrogens is 2. The van der Waals surface area contributed by atoms with Gasteiger partial charge >= 0.3 is 5.69 Å². The van der Waals surface area contributed by atoms with Crippen molar-refractivity contribution < 1.29 is 4.92 Å². The maximum absolute atomic E-state index is 11.1. The molecule has 0 aliphatic carbocycles. The minimum Gasteiger partial charge on any atom is -0.363 e. The van der Waals surface area contributed by atoms with Gasteiger partial charge in [-0.25, -0.2) is 4.98 Å². The molecule has 1 aliphatic rings. The van der Waals surface area contributed by atoms with Crippen LogP contribution in [0, 0.1) is 17.0 Å². The second kappa shape index (κ2) is 6.32. The number of hydrogen-bond acceptors (Lipinski definition) is 6. The Kier molecular flexibility index (Phi) is 4.72. The fourth-order valence-corrected chi connectivity index (χ4v) is 2.70. The van der Waals surface area contributed by atoms with Crippen LogP contribution in [0.15, 0.2) is 0 Å². The smallest absolute Gasteiger partial charge is 0.332 e. The number of nitrogens with zero attached hydrogens (tertiary/aromatic N) is 4. The zero-order chi connectivity index (χ0) is 14.7. The van der Waals surface area contributed by atoms with Crippen LogP contribution in [0.3, 0.4) is 0 Å². The summed E-state index contributed by atoms with van der Waals surface area (Å²) in [4.78, 5) is 20.7. The molecule has 1 atom stereocenters. The van der Waals surface area contributed by atoms with Crippen molar-refractivity contribution in [3.05, 3.63) is 21.1 Å². The molecule has 1 unspecified atom stereocenters. The normalized spacial score (nSPS) is 19.9. The molecule has 1 N–H and O–H groups in total. The number of rotatable bonds is 4. The molecule has 8 heteroatoms. The van der Waals surface area contributed by atoms with Gasteiger partial charge in [0.15, 0.2) is 0 Å². The van der Waals surface area contributed by atoms with Gasteiger partial charge in [-0.05, 0) is 45.0 Å². The van der Waals surface area contributed by atoms with E-state index in [1.54, 1.807) is 6.92 Å². The number of likely N-dealkylation sites (N-methyl/N-ethyl adjacent to an activating group) is 1. The second-order valence-corrected chi connectivity index (χ2v) is 5.38. The molecule has 1 fully saturated rings. The lowest BCUT2D eigenvalue weighted by Crippen LogP contribution is -2.40. The molecule has 0 saturated carbocycles. The van der Waals surface area contributed by atoms with Crippen molar-refractivity contribution >= 4 is 23.1 Å². The third kappa shape index (κ3) is 3.34. The van der Waals surface area contributed by atoms with E-state index < -0.39 is 4.92 Å². The van der Waals surface area contributed by atoms with Crippen LogP contribution in [0.1, 0.15) is 25.0 Å². The van der Waals surface area contributed by atoms with Crippen molar-refractivity contribution in [3.8, 4) is 0 Å². The van der Waals surface area contributed by atoms with Crippen LogP contribution in [0.2, 0.25) is 5.28 Å². The first kappa shape index (κ1) is 14.9. The lowest BCUT2D eigenvalue weighted by Gasteiger charge is -2.32. The van der Waals surface area contributed by atoms with E-state index in [1.807, 2.05) is 0 Å². The number of hydrogen-bond donors (Lipinski definition) is 1. The van der Waals surface area contributed by atoms with Crippen molar-refractivity contribution in [2.75, 3.05) is 25.5 Å². The van der Waals surface area contributed by atoms with E-state index in [4.69, 9.17) is 11.6 Å². The predicted octanol–water partition coefficient (Wildman–Crippen LogP) is 2.24. The third-order valence-electron chi connectivity index (χ3n) is 3.64. The molecule has 0 bridgehead atoms. The maximum Gasteiger partial charge on any atom is 0.332 e. The quantitative estimate of drug-likeness (QED) is 0.521. The summed E-state index contributed by atoms with van der Waals surface area (Å²) in [5.41, 5.74) is 0.169. The van der Waals surface area contributed by atoms with Gasteiger partial charge in [-0.2, -0.15) is 4.98 Å². The van der Waals surface area contributed by atoms with Crippen molar-refractivity contribution in [2.24, 2.45) is 0 Å². The van der Waals surface area contributed by atoms with Gasteiger partial charge in [0.2, 0.25) is 11.1 Å². The molecule has 0 radical (unpaired) electrons. The molecule has 1 saturated heterocycles. The highest BCUT2D eigenvalue weighted by Gasteiger charge is 2.24. The molecular weight excluding hydrogens is 282 g/mol. The van der Waals surface area contributed by atoms with E-state index in [9.17, 15) is 10.1 Å². The van der Waals surface area contributed by atoms with Gasteiger partial charge in [0, 0.05) is 12.6 Å². The van der Waals surface area contributed by atoms with Crippen LogP contribution in [-0.2, 0) is 0 Å². The first-order valence-electron chi connectivity index (χ1n) is 6.61. The highest BCUT2D eigenvalue weighted by molar-refractivity contribution is 6.28. The lowest BCUT2D eigenvalue weighted by molar-refractivity contribution is -0.385. The topological polar surface area (TPSA) is 84.2 Å². The van der Waals surface area contributed by atoms with Crippen LogP contribution in [0.25, 0.3) is 0 Å².